The predicted octanol–water partition coefficient (Wildman–Crippen LogP) is 2.62. The van der Waals surface area contributed by atoms with Gasteiger partial charge in [-0.05, 0) is 46.6 Å². The molecule has 6 nitrogen and oxygen atoms in total. The Balaban J connectivity index is 3.19. The van der Waals surface area contributed by atoms with Crippen molar-refractivity contribution in [1.29, 1.82) is 0 Å². The van der Waals surface area contributed by atoms with Gasteiger partial charge in [0.25, 0.3) is 5.91 Å². The summed E-state index contributed by atoms with van der Waals surface area (Å²) in [6.07, 6.45) is 1.28. The molecule has 0 radical (unpaired) electrons. The van der Waals surface area contributed by atoms with Crippen molar-refractivity contribution in [3.8, 4) is 0 Å². The first kappa shape index (κ1) is 14.6. The number of halogens is 1. The molecule has 0 spiro atoms. The maximum atomic E-state index is 12.3. The summed E-state index contributed by atoms with van der Waals surface area (Å²) >= 11 is 3.19. The number of carbonyl (C=O) groups is 1. The van der Waals surface area contributed by atoms with Crippen LogP contribution in [-0.4, -0.2) is 33.3 Å². The van der Waals surface area contributed by atoms with Gasteiger partial charge in [-0.3, -0.25) is 4.79 Å². The summed E-state index contributed by atoms with van der Waals surface area (Å²) in [5.41, 5.74) is 0.257. The van der Waals surface area contributed by atoms with Gasteiger partial charge >= 0.3 is 5.82 Å². The Hall–Kier alpha value is -1.50. The number of amides is 1. The lowest BCUT2D eigenvalue weighted by atomic mass is 10.2. The van der Waals surface area contributed by atoms with Gasteiger partial charge in [0.2, 0.25) is 0 Å². The Kier molecular flexibility index (Phi) is 4.77. The highest BCUT2D eigenvalue weighted by Crippen LogP contribution is 2.22. The first-order valence-electron chi connectivity index (χ1n) is 5.49. The zero-order chi connectivity index (χ0) is 13.9. The topological polar surface area (TPSA) is 76.3 Å². The van der Waals surface area contributed by atoms with E-state index in [1.54, 1.807) is 4.90 Å². The first-order valence-corrected chi connectivity index (χ1v) is 6.28. The molecule has 18 heavy (non-hydrogen) atoms. The molecule has 1 aromatic heterocycles. The zero-order valence-corrected chi connectivity index (χ0v) is 12.0. The number of carbonyl (C=O) groups excluding carboxylic acids is 1. The van der Waals surface area contributed by atoms with E-state index in [-0.39, 0.29) is 23.3 Å². The normalized spacial score (nSPS) is 10.5. The van der Waals surface area contributed by atoms with E-state index in [4.69, 9.17) is 0 Å². The van der Waals surface area contributed by atoms with Crippen molar-refractivity contribution in [1.82, 2.24) is 9.88 Å². The fraction of sp³-hybridized carbons (Fsp3) is 0.455. The van der Waals surface area contributed by atoms with Crippen molar-refractivity contribution in [3.63, 3.8) is 0 Å². The Labute approximate surface area is 113 Å². The van der Waals surface area contributed by atoms with Crippen LogP contribution >= 0.6 is 15.9 Å². The number of nitrogens with zero attached hydrogens (tertiary/aromatic N) is 3. The van der Waals surface area contributed by atoms with E-state index in [1.165, 1.54) is 12.3 Å². The molecule has 0 aliphatic carbocycles. The highest BCUT2D eigenvalue weighted by Gasteiger charge is 2.23. The monoisotopic (exact) mass is 315 g/mol. The Morgan fingerprint density at radius 2 is 2.22 bits per heavy atom. The largest absolute Gasteiger partial charge is 0.364 e. The number of nitro groups is 1. The third-order valence-electron chi connectivity index (χ3n) is 2.48. The second-order valence-electron chi connectivity index (χ2n) is 3.96. The average molecular weight is 316 g/mol. The van der Waals surface area contributed by atoms with Crippen molar-refractivity contribution in [3.05, 3.63) is 32.4 Å². The van der Waals surface area contributed by atoms with Crippen LogP contribution in [0.15, 0.2) is 16.7 Å². The lowest BCUT2D eigenvalue weighted by Gasteiger charge is -2.25. The highest BCUT2D eigenvalue weighted by molar-refractivity contribution is 9.10. The molecular formula is C11H14BrN3O3. The van der Waals surface area contributed by atoms with E-state index in [9.17, 15) is 14.9 Å². The maximum Gasteiger partial charge on any atom is 0.364 e. The summed E-state index contributed by atoms with van der Waals surface area (Å²) in [6.45, 7) is 6.19. The van der Waals surface area contributed by atoms with Crippen LogP contribution in [-0.2, 0) is 0 Å². The van der Waals surface area contributed by atoms with Crippen molar-refractivity contribution < 1.29 is 9.72 Å². The van der Waals surface area contributed by atoms with E-state index in [2.05, 4.69) is 20.9 Å². The molecule has 0 atom stereocenters. The second kappa shape index (κ2) is 5.90. The first-order chi connectivity index (χ1) is 8.38. The van der Waals surface area contributed by atoms with Gasteiger partial charge in [0, 0.05) is 18.7 Å². The molecular weight excluding hydrogens is 302 g/mol. The summed E-state index contributed by atoms with van der Waals surface area (Å²) in [5.74, 6) is -0.578. The van der Waals surface area contributed by atoms with E-state index < -0.39 is 4.92 Å². The van der Waals surface area contributed by atoms with Gasteiger partial charge in [-0.2, -0.15) is 0 Å². The van der Waals surface area contributed by atoms with Gasteiger partial charge in [-0.15, -0.1) is 0 Å². The van der Waals surface area contributed by atoms with Crippen LogP contribution < -0.4 is 0 Å². The molecule has 0 saturated carbocycles. The minimum absolute atomic E-state index is 0.0293. The molecule has 7 heteroatoms. The van der Waals surface area contributed by atoms with Crippen LogP contribution in [0.1, 0.15) is 31.1 Å². The lowest BCUT2D eigenvalue weighted by Crippen LogP contribution is -2.36. The number of hydrogen-bond acceptors (Lipinski definition) is 4. The summed E-state index contributed by atoms with van der Waals surface area (Å²) in [5, 5.41) is 10.7. The average Bonchev–Trinajstić information content (AvgIpc) is 2.29. The molecule has 0 N–H and O–H groups in total. The fourth-order valence-corrected chi connectivity index (χ4v) is 1.98. The molecule has 1 rings (SSSR count). The third kappa shape index (κ3) is 3.04. The van der Waals surface area contributed by atoms with Gasteiger partial charge in [-0.25, -0.2) is 0 Å². The number of rotatable bonds is 4. The SMILES string of the molecule is CCN(C(=O)c1cc([N+](=O)[O-])ncc1Br)C(C)C. The van der Waals surface area contributed by atoms with Crippen molar-refractivity contribution in [2.45, 2.75) is 26.8 Å². The van der Waals surface area contributed by atoms with Gasteiger partial charge in [0.15, 0.2) is 6.20 Å². The molecule has 0 aromatic carbocycles. The van der Waals surface area contributed by atoms with Gasteiger partial charge in [-0.1, -0.05) is 0 Å². The van der Waals surface area contributed by atoms with Crippen molar-refractivity contribution in [2.24, 2.45) is 0 Å². The van der Waals surface area contributed by atoms with Crippen molar-refractivity contribution >= 4 is 27.7 Å². The molecule has 0 bridgehead atoms. The molecule has 1 amide bonds. The smallest absolute Gasteiger partial charge is 0.358 e. The predicted molar refractivity (Wildman–Crippen MR) is 70.4 cm³/mol. The Bertz CT molecular complexity index is 477. The quantitative estimate of drug-likeness (QED) is 0.632. The number of aromatic nitrogens is 1. The second-order valence-corrected chi connectivity index (χ2v) is 4.82. The van der Waals surface area contributed by atoms with Crippen LogP contribution in [0.5, 0.6) is 0 Å². The van der Waals surface area contributed by atoms with E-state index in [0.29, 0.717) is 11.0 Å². The Morgan fingerprint density at radius 1 is 1.61 bits per heavy atom. The number of pyridine rings is 1. The van der Waals surface area contributed by atoms with Gasteiger partial charge < -0.3 is 15.0 Å². The number of hydrogen-bond donors (Lipinski definition) is 0. The highest BCUT2D eigenvalue weighted by atomic mass is 79.9. The third-order valence-corrected chi connectivity index (χ3v) is 3.12. The molecule has 0 fully saturated rings. The van der Waals surface area contributed by atoms with E-state index in [1.807, 2.05) is 20.8 Å². The fourth-order valence-electron chi connectivity index (χ4n) is 1.59. The minimum atomic E-state index is -0.616. The summed E-state index contributed by atoms with van der Waals surface area (Å²) < 4.78 is 0.456. The van der Waals surface area contributed by atoms with Crippen LogP contribution in [0.4, 0.5) is 5.82 Å². The molecule has 0 unspecified atom stereocenters. The molecule has 0 aliphatic heterocycles. The molecule has 0 saturated heterocycles. The standard InChI is InChI=1S/C11H14BrN3O3/c1-4-14(7(2)3)11(16)8-5-10(15(17)18)13-6-9(8)12/h5-7H,4H2,1-3H3. The van der Waals surface area contributed by atoms with Gasteiger partial charge in [0.1, 0.15) is 0 Å². The van der Waals surface area contributed by atoms with E-state index >= 15 is 0 Å². The molecule has 98 valence electrons. The van der Waals surface area contributed by atoms with Gasteiger partial charge in [0.05, 0.1) is 10.0 Å². The molecule has 0 aliphatic rings. The van der Waals surface area contributed by atoms with Crippen LogP contribution in [0.25, 0.3) is 0 Å². The summed E-state index contributed by atoms with van der Waals surface area (Å²) in [6, 6.07) is 1.22. The molecule has 1 aromatic rings. The van der Waals surface area contributed by atoms with Crippen molar-refractivity contribution in [2.75, 3.05) is 6.54 Å². The maximum absolute atomic E-state index is 12.3. The minimum Gasteiger partial charge on any atom is -0.358 e. The zero-order valence-electron chi connectivity index (χ0n) is 10.4. The Morgan fingerprint density at radius 3 is 2.67 bits per heavy atom. The lowest BCUT2D eigenvalue weighted by molar-refractivity contribution is -0.389. The molecule has 1 heterocycles. The summed E-state index contributed by atoms with van der Waals surface area (Å²) in [4.78, 5) is 27.6. The van der Waals surface area contributed by atoms with Crippen LogP contribution in [0, 0.1) is 10.1 Å². The van der Waals surface area contributed by atoms with Crippen LogP contribution in [0.3, 0.4) is 0 Å². The van der Waals surface area contributed by atoms with Crippen LogP contribution in [0.2, 0.25) is 0 Å². The summed E-state index contributed by atoms with van der Waals surface area (Å²) in [7, 11) is 0. The van der Waals surface area contributed by atoms with E-state index in [0.717, 1.165) is 0 Å².